The molecule has 100 valence electrons. The van der Waals surface area contributed by atoms with Crippen molar-refractivity contribution in [3.05, 3.63) is 70.7 Å². The largest absolute Gasteiger partial charge is 0.360 e. The maximum absolute atomic E-state index is 14.0. The Hall–Kier alpha value is -2.42. The molecule has 2 aromatic carbocycles. The molecule has 20 heavy (non-hydrogen) atoms. The van der Waals surface area contributed by atoms with E-state index in [0.29, 0.717) is 22.0 Å². The molecule has 1 heterocycles. The quantitative estimate of drug-likeness (QED) is 0.695. The third kappa shape index (κ3) is 1.83. The van der Waals surface area contributed by atoms with E-state index in [1.54, 1.807) is 24.4 Å². The zero-order valence-electron chi connectivity index (χ0n) is 11.3. The molecule has 1 N–H and O–H groups in total. The first-order valence-electron chi connectivity index (χ1n) is 6.46. The Kier molecular flexibility index (Phi) is 2.90. The van der Waals surface area contributed by atoms with Gasteiger partial charge in [0.05, 0.1) is 5.56 Å². The highest BCUT2D eigenvalue weighted by atomic mass is 19.1. The molecular weight excluding hydrogens is 253 g/mol. The fourth-order valence-corrected chi connectivity index (χ4v) is 2.46. The summed E-state index contributed by atoms with van der Waals surface area (Å²) in [5.74, 6) is -0.528. The molecule has 0 bridgehead atoms. The smallest absolute Gasteiger partial charge is 0.195 e. The molecule has 1 aromatic heterocycles. The van der Waals surface area contributed by atoms with Crippen LogP contribution in [0.4, 0.5) is 4.39 Å². The number of benzene rings is 2. The third-order valence-electron chi connectivity index (χ3n) is 3.75. The maximum atomic E-state index is 14.0. The third-order valence-corrected chi connectivity index (χ3v) is 3.75. The molecule has 2 nitrogen and oxygen atoms in total. The Morgan fingerprint density at radius 2 is 1.80 bits per heavy atom. The van der Waals surface area contributed by atoms with Gasteiger partial charge in [-0.1, -0.05) is 24.3 Å². The highest BCUT2D eigenvalue weighted by Gasteiger charge is 2.18. The van der Waals surface area contributed by atoms with E-state index in [1.807, 2.05) is 26.0 Å². The lowest BCUT2D eigenvalue weighted by atomic mass is 9.96. The summed E-state index contributed by atoms with van der Waals surface area (Å²) in [6.45, 7) is 3.87. The second kappa shape index (κ2) is 4.60. The molecule has 0 saturated carbocycles. The lowest BCUT2D eigenvalue weighted by Gasteiger charge is -2.07. The van der Waals surface area contributed by atoms with Crippen LogP contribution in [0.2, 0.25) is 0 Å². The average Bonchev–Trinajstić information content (AvgIpc) is 2.86. The predicted octanol–water partition coefficient (Wildman–Crippen LogP) is 4.15. The van der Waals surface area contributed by atoms with E-state index in [2.05, 4.69) is 4.98 Å². The van der Waals surface area contributed by atoms with Gasteiger partial charge in [-0.25, -0.2) is 4.39 Å². The van der Waals surface area contributed by atoms with E-state index < -0.39 is 0 Å². The first-order chi connectivity index (χ1) is 9.59. The first-order valence-corrected chi connectivity index (χ1v) is 6.46. The second-order valence-corrected chi connectivity index (χ2v) is 4.94. The fraction of sp³-hybridized carbons (Fsp3) is 0.118. The van der Waals surface area contributed by atoms with E-state index in [0.717, 1.165) is 11.1 Å². The van der Waals surface area contributed by atoms with Crippen LogP contribution in [0.5, 0.6) is 0 Å². The highest BCUT2D eigenvalue weighted by molar-refractivity contribution is 6.17. The van der Waals surface area contributed by atoms with Crippen molar-refractivity contribution in [2.45, 2.75) is 13.8 Å². The van der Waals surface area contributed by atoms with Crippen molar-refractivity contribution < 1.29 is 9.18 Å². The number of carbonyl (C=O) groups is 1. The predicted molar refractivity (Wildman–Crippen MR) is 77.6 cm³/mol. The zero-order valence-corrected chi connectivity index (χ0v) is 11.3. The molecule has 3 aromatic rings. The molecule has 0 radical (unpaired) electrons. The Labute approximate surface area is 116 Å². The SMILES string of the molecule is Cc1cccc(C(=O)c2c[nH]c3cccc(F)c23)c1C. The standard InChI is InChI=1S/C17H14FNO/c1-10-5-3-6-12(11(10)2)17(20)13-9-19-15-8-4-7-14(18)16(13)15/h3-9,19H,1-2H3. The monoisotopic (exact) mass is 267 g/mol. The summed E-state index contributed by atoms with van der Waals surface area (Å²) in [6.07, 6.45) is 1.58. The van der Waals surface area contributed by atoms with E-state index in [-0.39, 0.29) is 11.6 Å². The van der Waals surface area contributed by atoms with Crippen molar-refractivity contribution >= 4 is 16.7 Å². The molecule has 0 amide bonds. The van der Waals surface area contributed by atoms with Crippen LogP contribution in [0.1, 0.15) is 27.0 Å². The molecule has 0 unspecified atom stereocenters. The van der Waals surface area contributed by atoms with Gasteiger partial charge in [0, 0.05) is 22.7 Å². The van der Waals surface area contributed by atoms with Crippen molar-refractivity contribution in [3.8, 4) is 0 Å². The number of carbonyl (C=O) groups excluding carboxylic acids is 1. The van der Waals surface area contributed by atoms with E-state index in [4.69, 9.17) is 0 Å². The summed E-state index contributed by atoms with van der Waals surface area (Å²) in [7, 11) is 0. The number of fused-ring (bicyclic) bond motifs is 1. The zero-order chi connectivity index (χ0) is 14.3. The van der Waals surface area contributed by atoms with Crippen molar-refractivity contribution in [1.29, 1.82) is 0 Å². The summed E-state index contributed by atoms with van der Waals surface area (Å²) in [6, 6.07) is 10.3. The molecule has 0 aliphatic rings. The van der Waals surface area contributed by atoms with Gasteiger partial charge < -0.3 is 4.98 Å². The van der Waals surface area contributed by atoms with Gasteiger partial charge in [0.15, 0.2) is 5.78 Å². The van der Waals surface area contributed by atoms with Gasteiger partial charge in [-0.3, -0.25) is 4.79 Å². The van der Waals surface area contributed by atoms with E-state index >= 15 is 0 Å². The van der Waals surface area contributed by atoms with Gasteiger partial charge in [-0.2, -0.15) is 0 Å². The van der Waals surface area contributed by atoms with Gasteiger partial charge in [-0.05, 0) is 37.1 Å². The number of aromatic nitrogens is 1. The van der Waals surface area contributed by atoms with Crippen LogP contribution in [0, 0.1) is 19.7 Å². The Balaban J connectivity index is 2.21. The number of hydrogen-bond donors (Lipinski definition) is 1. The van der Waals surface area contributed by atoms with Gasteiger partial charge in [-0.15, -0.1) is 0 Å². The number of nitrogens with one attached hydrogen (secondary N) is 1. The molecule has 0 atom stereocenters. The Morgan fingerprint density at radius 3 is 2.60 bits per heavy atom. The number of hydrogen-bond acceptors (Lipinski definition) is 1. The van der Waals surface area contributed by atoms with Crippen LogP contribution < -0.4 is 0 Å². The highest BCUT2D eigenvalue weighted by Crippen LogP contribution is 2.25. The number of aryl methyl sites for hydroxylation is 1. The number of rotatable bonds is 2. The van der Waals surface area contributed by atoms with Gasteiger partial charge in [0.2, 0.25) is 0 Å². The number of halogens is 1. The molecular formula is C17H14FNO. The van der Waals surface area contributed by atoms with Crippen LogP contribution >= 0.6 is 0 Å². The fourth-order valence-electron chi connectivity index (χ4n) is 2.46. The van der Waals surface area contributed by atoms with E-state index in [1.165, 1.54) is 6.07 Å². The number of aromatic amines is 1. The number of H-pyrrole nitrogens is 1. The topological polar surface area (TPSA) is 32.9 Å². The molecule has 3 heteroatoms. The van der Waals surface area contributed by atoms with Crippen molar-refractivity contribution in [1.82, 2.24) is 4.98 Å². The van der Waals surface area contributed by atoms with Crippen LogP contribution in [-0.2, 0) is 0 Å². The molecule has 0 saturated heterocycles. The van der Waals surface area contributed by atoms with Crippen LogP contribution in [0.3, 0.4) is 0 Å². The normalized spacial score (nSPS) is 10.9. The molecule has 0 spiro atoms. The minimum atomic E-state index is -0.377. The van der Waals surface area contributed by atoms with Gasteiger partial charge in [0.25, 0.3) is 0 Å². The lowest BCUT2D eigenvalue weighted by Crippen LogP contribution is -2.04. The summed E-state index contributed by atoms with van der Waals surface area (Å²) in [5.41, 5.74) is 3.62. The average molecular weight is 267 g/mol. The van der Waals surface area contributed by atoms with Crippen LogP contribution in [0.25, 0.3) is 10.9 Å². The molecule has 3 rings (SSSR count). The summed E-state index contributed by atoms with van der Waals surface area (Å²) in [4.78, 5) is 15.6. The van der Waals surface area contributed by atoms with Gasteiger partial charge in [0.1, 0.15) is 5.82 Å². The summed E-state index contributed by atoms with van der Waals surface area (Å²) < 4.78 is 14.0. The lowest BCUT2D eigenvalue weighted by molar-refractivity contribution is 0.103. The minimum Gasteiger partial charge on any atom is -0.360 e. The second-order valence-electron chi connectivity index (χ2n) is 4.94. The minimum absolute atomic E-state index is 0.150. The van der Waals surface area contributed by atoms with Crippen molar-refractivity contribution in [2.75, 3.05) is 0 Å². The van der Waals surface area contributed by atoms with Crippen molar-refractivity contribution in [2.24, 2.45) is 0 Å². The van der Waals surface area contributed by atoms with Gasteiger partial charge >= 0.3 is 0 Å². The van der Waals surface area contributed by atoms with Crippen LogP contribution in [0.15, 0.2) is 42.6 Å². The Bertz CT molecular complexity index is 817. The maximum Gasteiger partial charge on any atom is 0.195 e. The van der Waals surface area contributed by atoms with E-state index in [9.17, 15) is 9.18 Å². The Morgan fingerprint density at radius 1 is 1.05 bits per heavy atom. The molecule has 0 aliphatic carbocycles. The number of ketones is 1. The summed E-state index contributed by atoms with van der Waals surface area (Å²) in [5, 5.41) is 0.360. The first kappa shape index (κ1) is 12.6. The molecule has 0 aliphatic heterocycles. The molecule has 0 fully saturated rings. The van der Waals surface area contributed by atoms with Crippen LogP contribution in [-0.4, -0.2) is 10.8 Å². The van der Waals surface area contributed by atoms with Crippen molar-refractivity contribution in [3.63, 3.8) is 0 Å². The summed E-state index contributed by atoms with van der Waals surface area (Å²) >= 11 is 0.